The van der Waals surface area contributed by atoms with E-state index in [0.29, 0.717) is 6.42 Å². The van der Waals surface area contributed by atoms with Crippen LogP contribution in [-0.2, 0) is 14.3 Å². The molecule has 88 valence electrons. The van der Waals surface area contributed by atoms with E-state index < -0.39 is 11.5 Å². The first-order valence-electron chi connectivity index (χ1n) is 5.04. The second kappa shape index (κ2) is 6.40. The standard InChI is InChI=1S/C10H20N2O3/c1-5-6-10(2,9(14)15-4)12-8(13)7-11-3/h11H,5-7H2,1-4H3,(H,12,13). The molecule has 0 saturated heterocycles. The van der Waals surface area contributed by atoms with Gasteiger partial charge in [0.15, 0.2) is 0 Å². The average molecular weight is 216 g/mol. The maximum atomic E-state index is 11.5. The normalized spacial score (nSPS) is 14.1. The molecule has 0 aliphatic carbocycles. The van der Waals surface area contributed by atoms with Crippen molar-refractivity contribution in [2.45, 2.75) is 32.2 Å². The maximum Gasteiger partial charge on any atom is 0.331 e. The number of likely N-dealkylation sites (N-methyl/N-ethyl adjacent to an activating group) is 1. The first-order valence-corrected chi connectivity index (χ1v) is 5.04. The second-order valence-corrected chi connectivity index (χ2v) is 3.65. The van der Waals surface area contributed by atoms with Crippen LogP contribution >= 0.6 is 0 Å². The van der Waals surface area contributed by atoms with Gasteiger partial charge < -0.3 is 15.4 Å². The molecule has 0 radical (unpaired) electrons. The van der Waals surface area contributed by atoms with Gasteiger partial charge in [-0.05, 0) is 20.4 Å². The molecule has 0 aromatic heterocycles. The first kappa shape index (κ1) is 13.9. The summed E-state index contributed by atoms with van der Waals surface area (Å²) in [5, 5.41) is 5.39. The van der Waals surface area contributed by atoms with Gasteiger partial charge in [0.1, 0.15) is 5.54 Å². The minimum Gasteiger partial charge on any atom is -0.467 e. The van der Waals surface area contributed by atoms with E-state index in [1.807, 2.05) is 6.92 Å². The Morgan fingerprint density at radius 1 is 1.40 bits per heavy atom. The van der Waals surface area contributed by atoms with Crippen molar-refractivity contribution in [2.24, 2.45) is 0 Å². The Kier molecular flexibility index (Phi) is 5.93. The zero-order valence-electron chi connectivity index (χ0n) is 9.85. The van der Waals surface area contributed by atoms with Crippen LogP contribution in [0.5, 0.6) is 0 Å². The molecule has 0 saturated carbocycles. The van der Waals surface area contributed by atoms with E-state index in [9.17, 15) is 9.59 Å². The van der Waals surface area contributed by atoms with Gasteiger partial charge in [0, 0.05) is 0 Å². The lowest BCUT2D eigenvalue weighted by molar-refractivity contribution is -0.150. The number of rotatable bonds is 6. The van der Waals surface area contributed by atoms with E-state index in [-0.39, 0.29) is 12.5 Å². The predicted molar refractivity (Wildman–Crippen MR) is 57.4 cm³/mol. The molecular weight excluding hydrogens is 196 g/mol. The van der Waals surface area contributed by atoms with Crippen molar-refractivity contribution in [1.82, 2.24) is 10.6 Å². The van der Waals surface area contributed by atoms with Crippen molar-refractivity contribution < 1.29 is 14.3 Å². The highest BCUT2D eigenvalue weighted by Gasteiger charge is 2.34. The molecule has 0 fully saturated rings. The molecule has 5 nitrogen and oxygen atoms in total. The molecule has 5 heteroatoms. The van der Waals surface area contributed by atoms with Crippen molar-refractivity contribution in [1.29, 1.82) is 0 Å². The minimum absolute atomic E-state index is 0.191. The highest BCUT2D eigenvalue weighted by atomic mass is 16.5. The first-order chi connectivity index (χ1) is 7.00. The summed E-state index contributed by atoms with van der Waals surface area (Å²) in [5.74, 6) is -0.618. The summed E-state index contributed by atoms with van der Waals surface area (Å²) < 4.78 is 4.67. The fourth-order valence-electron chi connectivity index (χ4n) is 1.45. The molecule has 0 aromatic carbocycles. The van der Waals surface area contributed by atoms with Crippen molar-refractivity contribution in [3.8, 4) is 0 Å². The van der Waals surface area contributed by atoms with Gasteiger partial charge in [-0.25, -0.2) is 4.79 Å². The van der Waals surface area contributed by atoms with Crippen LogP contribution in [0.1, 0.15) is 26.7 Å². The van der Waals surface area contributed by atoms with Crippen molar-refractivity contribution in [3.05, 3.63) is 0 Å². The molecule has 1 amide bonds. The molecule has 0 bridgehead atoms. The number of amides is 1. The number of methoxy groups -OCH3 is 1. The van der Waals surface area contributed by atoms with E-state index in [0.717, 1.165) is 6.42 Å². The van der Waals surface area contributed by atoms with E-state index in [1.54, 1.807) is 14.0 Å². The number of nitrogens with one attached hydrogen (secondary N) is 2. The van der Waals surface area contributed by atoms with Crippen LogP contribution in [0.2, 0.25) is 0 Å². The van der Waals surface area contributed by atoms with Crippen molar-refractivity contribution in [2.75, 3.05) is 20.7 Å². The van der Waals surface area contributed by atoms with Crippen molar-refractivity contribution in [3.63, 3.8) is 0 Å². The van der Waals surface area contributed by atoms with E-state index in [2.05, 4.69) is 15.4 Å². The maximum absolute atomic E-state index is 11.5. The zero-order chi connectivity index (χ0) is 11.9. The minimum atomic E-state index is -0.919. The molecule has 2 N–H and O–H groups in total. The van der Waals surface area contributed by atoms with Crippen LogP contribution in [0.4, 0.5) is 0 Å². The van der Waals surface area contributed by atoms with Gasteiger partial charge in [-0.3, -0.25) is 4.79 Å². The topological polar surface area (TPSA) is 67.4 Å². The van der Waals surface area contributed by atoms with Gasteiger partial charge in [0.2, 0.25) is 5.91 Å². The number of carbonyl (C=O) groups is 2. The Morgan fingerprint density at radius 2 is 2.00 bits per heavy atom. The SMILES string of the molecule is CCCC(C)(NC(=O)CNC)C(=O)OC. The summed E-state index contributed by atoms with van der Waals surface area (Å²) in [6.07, 6.45) is 1.36. The van der Waals surface area contributed by atoms with Crippen LogP contribution in [0.15, 0.2) is 0 Å². The molecule has 1 unspecified atom stereocenters. The van der Waals surface area contributed by atoms with E-state index in [4.69, 9.17) is 0 Å². The number of hydrogen-bond donors (Lipinski definition) is 2. The number of hydrogen-bond acceptors (Lipinski definition) is 4. The predicted octanol–water partition coefficient (Wildman–Crippen LogP) is 0.0538. The highest BCUT2D eigenvalue weighted by Crippen LogP contribution is 2.13. The van der Waals surface area contributed by atoms with Gasteiger partial charge in [0.25, 0.3) is 0 Å². The second-order valence-electron chi connectivity index (χ2n) is 3.65. The van der Waals surface area contributed by atoms with Crippen molar-refractivity contribution >= 4 is 11.9 Å². The molecule has 1 atom stereocenters. The third-order valence-electron chi connectivity index (χ3n) is 2.14. The summed E-state index contributed by atoms with van der Waals surface area (Å²) in [6, 6.07) is 0. The van der Waals surface area contributed by atoms with Crippen LogP contribution in [0.3, 0.4) is 0 Å². The summed E-state index contributed by atoms with van der Waals surface area (Å²) in [6.45, 7) is 3.82. The summed E-state index contributed by atoms with van der Waals surface area (Å²) in [4.78, 5) is 22.9. The Balaban J connectivity index is 4.50. The molecule has 0 heterocycles. The molecular formula is C10H20N2O3. The van der Waals surface area contributed by atoms with Gasteiger partial charge in [-0.15, -0.1) is 0 Å². The monoisotopic (exact) mass is 216 g/mol. The number of carbonyl (C=O) groups excluding carboxylic acids is 2. The summed E-state index contributed by atoms with van der Waals surface area (Å²) >= 11 is 0. The Bertz CT molecular complexity index is 231. The summed E-state index contributed by atoms with van der Waals surface area (Å²) in [5.41, 5.74) is -0.919. The highest BCUT2D eigenvalue weighted by molar-refractivity contribution is 5.88. The molecule has 0 rings (SSSR count). The summed E-state index contributed by atoms with van der Waals surface area (Å²) in [7, 11) is 3.00. The Labute approximate surface area is 90.6 Å². The largest absolute Gasteiger partial charge is 0.467 e. The lowest BCUT2D eigenvalue weighted by atomic mass is 9.96. The molecule has 0 spiro atoms. The average Bonchev–Trinajstić information content (AvgIpc) is 2.17. The third-order valence-corrected chi connectivity index (χ3v) is 2.14. The quantitative estimate of drug-likeness (QED) is 0.616. The fraction of sp³-hybridized carbons (Fsp3) is 0.800. The molecule has 0 aliphatic heterocycles. The number of ether oxygens (including phenoxy) is 1. The Morgan fingerprint density at radius 3 is 2.40 bits per heavy atom. The Hall–Kier alpha value is -1.10. The number of esters is 1. The van der Waals surface area contributed by atoms with Gasteiger partial charge in [-0.2, -0.15) is 0 Å². The van der Waals surface area contributed by atoms with Gasteiger partial charge in [-0.1, -0.05) is 13.3 Å². The van der Waals surface area contributed by atoms with Gasteiger partial charge >= 0.3 is 5.97 Å². The van der Waals surface area contributed by atoms with E-state index >= 15 is 0 Å². The lowest BCUT2D eigenvalue weighted by Crippen LogP contribution is -2.54. The third kappa shape index (κ3) is 4.29. The van der Waals surface area contributed by atoms with Crippen LogP contribution < -0.4 is 10.6 Å². The molecule has 15 heavy (non-hydrogen) atoms. The smallest absolute Gasteiger partial charge is 0.331 e. The molecule has 0 aliphatic rings. The van der Waals surface area contributed by atoms with Gasteiger partial charge in [0.05, 0.1) is 13.7 Å². The lowest BCUT2D eigenvalue weighted by Gasteiger charge is -2.27. The molecule has 0 aromatic rings. The van der Waals surface area contributed by atoms with Crippen LogP contribution in [-0.4, -0.2) is 38.1 Å². The van der Waals surface area contributed by atoms with E-state index in [1.165, 1.54) is 7.11 Å². The van der Waals surface area contributed by atoms with Crippen LogP contribution in [0, 0.1) is 0 Å². The zero-order valence-corrected chi connectivity index (χ0v) is 9.85. The fourth-order valence-corrected chi connectivity index (χ4v) is 1.45. The van der Waals surface area contributed by atoms with Crippen LogP contribution in [0.25, 0.3) is 0 Å².